The Morgan fingerprint density at radius 3 is 3.00 bits per heavy atom. The minimum Gasteiger partial charge on any atom is -0.481 e. The lowest BCUT2D eigenvalue weighted by atomic mass is 9.81. The summed E-state index contributed by atoms with van der Waals surface area (Å²) in [6, 6.07) is 3.71. The number of hydrogen-bond donors (Lipinski definition) is 1. The average molecular weight is 288 g/mol. The van der Waals surface area contributed by atoms with Crippen molar-refractivity contribution < 1.29 is 14.7 Å². The van der Waals surface area contributed by atoms with Crippen molar-refractivity contribution in [2.24, 2.45) is 11.3 Å². The molecule has 2 fully saturated rings. The van der Waals surface area contributed by atoms with Crippen LogP contribution in [0.15, 0.2) is 18.3 Å². The zero-order valence-corrected chi connectivity index (χ0v) is 12.2. The van der Waals surface area contributed by atoms with Crippen molar-refractivity contribution >= 4 is 11.9 Å². The first kappa shape index (κ1) is 14.0. The molecule has 5 nitrogen and oxygen atoms in total. The van der Waals surface area contributed by atoms with Gasteiger partial charge >= 0.3 is 5.97 Å². The number of amides is 1. The second-order valence-corrected chi connectivity index (χ2v) is 6.14. The summed E-state index contributed by atoms with van der Waals surface area (Å²) in [6.07, 6.45) is 5.03. The van der Waals surface area contributed by atoms with Gasteiger partial charge in [-0.3, -0.25) is 14.6 Å². The van der Waals surface area contributed by atoms with Gasteiger partial charge in [0.15, 0.2) is 0 Å². The average Bonchev–Trinajstić information content (AvgIpc) is 3.04. The molecule has 1 amide bonds. The van der Waals surface area contributed by atoms with E-state index in [9.17, 15) is 14.7 Å². The summed E-state index contributed by atoms with van der Waals surface area (Å²) in [5.74, 6) is -0.802. The largest absolute Gasteiger partial charge is 0.481 e. The molecule has 0 spiro atoms. The molecule has 1 aromatic heterocycles. The predicted molar refractivity (Wildman–Crippen MR) is 76.9 cm³/mol. The maximum absolute atomic E-state index is 12.6. The summed E-state index contributed by atoms with van der Waals surface area (Å²) in [4.78, 5) is 30.1. The Labute approximate surface area is 124 Å². The van der Waals surface area contributed by atoms with E-state index in [4.69, 9.17) is 0 Å². The molecule has 0 bridgehead atoms. The van der Waals surface area contributed by atoms with Crippen molar-refractivity contribution in [3.05, 3.63) is 29.6 Å². The van der Waals surface area contributed by atoms with E-state index in [1.54, 1.807) is 11.1 Å². The summed E-state index contributed by atoms with van der Waals surface area (Å²) in [5, 5.41) is 9.57. The molecule has 2 atom stereocenters. The van der Waals surface area contributed by atoms with Crippen LogP contribution in [0.1, 0.15) is 42.2 Å². The molecule has 0 radical (unpaired) electrons. The molecular weight excluding hydrogens is 268 g/mol. The fraction of sp³-hybridized carbons (Fsp3) is 0.562. The molecule has 1 aliphatic carbocycles. The van der Waals surface area contributed by atoms with E-state index in [-0.39, 0.29) is 11.8 Å². The highest BCUT2D eigenvalue weighted by Gasteiger charge is 2.55. The van der Waals surface area contributed by atoms with Gasteiger partial charge < -0.3 is 10.0 Å². The Hall–Kier alpha value is -1.91. The summed E-state index contributed by atoms with van der Waals surface area (Å²) >= 11 is 0. The molecule has 1 aliphatic heterocycles. The fourth-order valence-corrected chi connectivity index (χ4v) is 3.77. The molecule has 0 aromatic carbocycles. The number of carbonyl (C=O) groups excluding carboxylic acids is 1. The third-order valence-corrected chi connectivity index (χ3v) is 5.04. The van der Waals surface area contributed by atoms with E-state index in [0.717, 1.165) is 24.8 Å². The van der Waals surface area contributed by atoms with Crippen LogP contribution in [0.25, 0.3) is 0 Å². The van der Waals surface area contributed by atoms with Crippen molar-refractivity contribution in [3.63, 3.8) is 0 Å². The van der Waals surface area contributed by atoms with Crippen molar-refractivity contribution in [1.82, 2.24) is 9.88 Å². The highest BCUT2D eigenvalue weighted by molar-refractivity contribution is 5.93. The van der Waals surface area contributed by atoms with Gasteiger partial charge in [0, 0.05) is 19.3 Å². The topological polar surface area (TPSA) is 70.5 Å². The lowest BCUT2D eigenvalue weighted by Crippen LogP contribution is -2.37. The van der Waals surface area contributed by atoms with Crippen LogP contribution >= 0.6 is 0 Å². The molecule has 2 aliphatic rings. The smallest absolute Gasteiger partial charge is 0.311 e. The van der Waals surface area contributed by atoms with Crippen LogP contribution in [0, 0.1) is 11.3 Å². The SMILES string of the molecule is CCc1ccnc(C(=O)N2C[C@@H]3CCC[C@@]3(C(=O)O)C2)c1. The molecule has 1 saturated carbocycles. The normalized spacial score (nSPS) is 27.7. The second-order valence-electron chi connectivity index (χ2n) is 6.14. The van der Waals surface area contributed by atoms with Gasteiger partial charge in [0.05, 0.1) is 5.41 Å². The lowest BCUT2D eigenvalue weighted by molar-refractivity contribution is -0.149. The molecule has 3 rings (SSSR count). The maximum atomic E-state index is 12.6. The number of nitrogens with zero attached hydrogens (tertiary/aromatic N) is 2. The van der Waals surface area contributed by atoms with Gasteiger partial charge in [-0.2, -0.15) is 0 Å². The van der Waals surface area contributed by atoms with Crippen molar-refractivity contribution in [1.29, 1.82) is 0 Å². The predicted octanol–water partition coefficient (Wildman–Crippen LogP) is 1.97. The van der Waals surface area contributed by atoms with E-state index in [0.29, 0.717) is 25.2 Å². The standard InChI is InChI=1S/C16H20N2O3/c1-2-11-5-7-17-13(8-11)14(19)18-9-12-4-3-6-16(12,10-18)15(20)21/h5,7-8,12H,2-4,6,9-10H2,1H3,(H,20,21)/t12-,16+/m0/s1. The van der Waals surface area contributed by atoms with Gasteiger partial charge in [-0.1, -0.05) is 13.3 Å². The molecule has 0 unspecified atom stereocenters. The zero-order chi connectivity index (χ0) is 15.0. The van der Waals surface area contributed by atoms with Crippen molar-refractivity contribution in [3.8, 4) is 0 Å². The Balaban J connectivity index is 1.82. The third kappa shape index (κ3) is 2.20. The number of carboxylic acid groups (broad SMARTS) is 1. The van der Waals surface area contributed by atoms with Crippen LogP contribution in [0.4, 0.5) is 0 Å². The number of aromatic nitrogens is 1. The number of pyridine rings is 1. The van der Waals surface area contributed by atoms with Gasteiger partial charge in [-0.25, -0.2) is 0 Å². The third-order valence-electron chi connectivity index (χ3n) is 5.04. The molecule has 2 heterocycles. The number of aryl methyl sites for hydroxylation is 1. The van der Waals surface area contributed by atoms with Crippen LogP contribution in [0.3, 0.4) is 0 Å². The van der Waals surface area contributed by atoms with Crippen LogP contribution < -0.4 is 0 Å². The minimum absolute atomic E-state index is 0.0910. The van der Waals surface area contributed by atoms with Crippen molar-refractivity contribution in [2.45, 2.75) is 32.6 Å². The number of carbonyl (C=O) groups is 2. The molecule has 21 heavy (non-hydrogen) atoms. The summed E-state index contributed by atoms with van der Waals surface area (Å²) in [6.45, 7) is 2.90. The highest BCUT2D eigenvalue weighted by Crippen LogP contribution is 2.49. The quantitative estimate of drug-likeness (QED) is 0.923. The van der Waals surface area contributed by atoms with Gasteiger partial charge in [0.1, 0.15) is 5.69 Å². The Kier molecular flexibility index (Phi) is 3.43. The van der Waals surface area contributed by atoms with E-state index >= 15 is 0 Å². The number of carboxylic acids is 1. The molecule has 1 saturated heterocycles. The van der Waals surface area contributed by atoms with E-state index in [2.05, 4.69) is 4.98 Å². The summed E-state index contributed by atoms with van der Waals surface area (Å²) in [7, 11) is 0. The van der Waals surface area contributed by atoms with E-state index in [1.165, 1.54) is 0 Å². The zero-order valence-electron chi connectivity index (χ0n) is 12.2. The Morgan fingerprint density at radius 1 is 1.52 bits per heavy atom. The number of fused-ring (bicyclic) bond motifs is 1. The summed E-state index contributed by atoms with van der Waals surface area (Å²) < 4.78 is 0. The molecule has 1 aromatic rings. The lowest BCUT2D eigenvalue weighted by Gasteiger charge is -2.23. The van der Waals surface area contributed by atoms with Gasteiger partial charge in [0.2, 0.25) is 0 Å². The Bertz CT molecular complexity index is 587. The van der Waals surface area contributed by atoms with E-state index in [1.807, 2.05) is 19.1 Å². The minimum atomic E-state index is -0.754. The van der Waals surface area contributed by atoms with Crippen molar-refractivity contribution in [2.75, 3.05) is 13.1 Å². The van der Waals surface area contributed by atoms with Crippen LogP contribution in [0.5, 0.6) is 0 Å². The van der Waals surface area contributed by atoms with Gasteiger partial charge in [-0.15, -0.1) is 0 Å². The first-order valence-electron chi connectivity index (χ1n) is 7.54. The molecule has 112 valence electrons. The number of aliphatic carboxylic acids is 1. The molecular formula is C16H20N2O3. The number of rotatable bonds is 3. The molecule has 1 N–H and O–H groups in total. The van der Waals surface area contributed by atoms with Crippen LogP contribution in [0.2, 0.25) is 0 Å². The summed E-state index contributed by atoms with van der Waals surface area (Å²) in [5.41, 5.74) is 0.772. The van der Waals surface area contributed by atoms with Gasteiger partial charge in [-0.05, 0) is 42.9 Å². The first-order valence-corrected chi connectivity index (χ1v) is 7.54. The van der Waals surface area contributed by atoms with Gasteiger partial charge in [0.25, 0.3) is 5.91 Å². The second kappa shape index (κ2) is 5.13. The van der Waals surface area contributed by atoms with Crippen LogP contribution in [-0.4, -0.2) is 40.0 Å². The van der Waals surface area contributed by atoms with Crippen LogP contribution in [-0.2, 0) is 11.2 Å². The first-order chi connectivity index (χ1) is 10.1. The number of likely N-dealkylation sites (tertiary alicyclic amines) is 1. The fourth-order valence-electron chi connectivity index (χ4n) is 3.77. The number of hydrogen-bond acceptors (Lipinski definition) is 3. The molecule has 5 heteroatoms. The highest BCUT2D eigenvalue weighted by atomic mass is 16.4. The van der Waals surface area contributed by atoms with E-state index < -0.39 is 11.4 Å². The maximum Gasteiger partial charge on any atom is 0.311 e. The monoisotopic (exact) mass is 288 g/mol. The Morgan fingerprint density at radius 2 is 2.33 bits per heavy atom.